The third kappa shape index (κ3) is 4.52. The fraction of sp³-hybridized carbons (Fsp3) is 0.538. The topological polar surface area (TPSA) is 78.1 Å². The van der Waals surface area contributed by atoms with Crippen molar-refractivity contribution in [2.24, 2.45) is 11.3 Å². The van der Waals surface area contributed by atoms with Crippen molar-refractivity contribution in [1.29, 1.82) is 0 Å². The minimum Gasteiger partial charge on any atom is -0.378 e. The quantitative estimate of drug-likeness (QED) is 0.476. The van der Waals surface area contributed by atoms with Gasteiger partial charge in [0.1, 0.15) is 23.8 Å². The van der Waals surface area contributed by atoms with Gasteiger partial charge in [0.25, 0.3) is 0 Å². The molecule has 3 N–H and O–H groups in total. The summed E-state index contributed by atoms with van der Waals surface area (Å²) in [6.07, 6.45) is 0.210. The van der Waals surface area contributed by atoms with Crippen molar-refractivity contribution in [3.05, 3.63) is 36.7 Å². The second kappa shape index (κ2) is 9.23. The highest BCUT2D eigenvalue weighted by Crippen LogP contribution is 2.45. The third-order valence-electron chi connectivity index (χ3n) is 8.15. The highest BCUT2D eigenvalue weighted by atomic mass is 19.4. The van der Waals surface area contributed by atoms with Gasteiger partial charge in [-0.1, -0.05) is 12.1 Å². The minimum absolute atomic E-state index is 0.236. The van der Waals surface area contributed by atoms with E-state index in [2.05, 4.69) is 30.5 Å². The number of hydrogen-bond acceptors (Lipinski definition) is 6. The summed E-state index contributed by atoms with van der Waals surface area (Å²) in [5, 5.41) is 7.02. The lowest BCUT2D eigenvalue weighted by atomic mass is 9.65. The van der Waals surface area contributed by atoms with E-state index in [9.17, 15) is 13.2 Å². The number of morpholine rings is 1. The number of fused-ring (bicyclic) bond motifs is 1. The Bertz CT molecular complexity index is 1190. The summed E-state index contributed by atoms with van der Waals surface area (Å²) >= 11 is 0. The monoisotopic (exact) mass is 500 g/mol. The molecule has 0 bridgehead atoms. The van der Waals surface area contributed by atoms with E-state index in [-0.39, 0.29) is 5.41 Å². The van der Waals surface area contributed by atoms with Crippen molar-refractivity contribution in [1.82, 2.24) is 20.3 Å². The predicted octanol–water partition coefficient (Wildman–Crippen LogP) is 4.58. The van der Waals surface area contributed by atoms with Gasteiger partial charge in [0.2, 0.25) is 0 Å². The third-order valence-corrected chi connectivity index (χ3v) is 8.15. The summed E-state index contributed by atoms with van der Waals surface area (Å²) in [4.78, 5) is 14.4. The Kier molecular flexibility index (Phi) is 6.03. The molecule has 2 aromatic heterocycles. The van der Waals surface area contributed by atoms with Gasteiger partial charge < -0.3 is 25.3 Å². The molecule has 3 aliphatic rings. The number of rotatable bonds is 5. The molecule has 1 aliphatic carbocycles. The Morgan fingerprint density at radius 1 is 1.06 bits per heavy atom. The maximum Gasteiger partial charge on any atom is 0.408 e. The number of aromatic nitrogens is 3. The molecule has 1 atom stereocenters. The van der Waals surface area contributed by atoms with Gasteiger partial charge in [-0.25, -0.2) is 9.97 Å². The summed E-state index contributed by atoms with van der Waals surface area (Å²) in [6, 6.07) is 7.63. The van der Waals surface area contributed by atoms with Crippen molar-refractivity contribution in [2.45, 2.75) is 37.9 Å². The van der Waals surface area contributed by atoms with E-state index in [4.69, 9.17) is 4.74 Å². The molecule has 2 aliphatic heterocycles. The number of H-pyrrole nitrogens is 1. The molecule has 3 fully saturated rings. The Labute approximate surface area is 207 Å². The van der Waals surface area contributed by atoms with Gasteiger partial charge in [0.05, 0.1) is 18.6 Å². The molecule has 2 saturated heterocycles. The van der Waals surface area contributed by atoms with E-state index in [1.54, 1.807) is 18.5 Å². The zero-order valence-electron chi connectivity index (χ0n) is 20.1. The Hall–Kier alpha value is -2.85. The first-order chi connectivity index (χ1) is 17.4. The number of aromatic amines is 1. The molecule has 1 unspecified atom stereocenters. The zero-order chi connectivity index (χ0) is 24.8. The largest absolute Gasteiger partial charge is 0.408 e. The van der Waals surface area contributed by atoms with Crippen LogP contribution >= 0.6 is 0 Å². The second-order valence-corrected chi connectivity index (χ2v) is 10.4. The molecular weight excluding hydrogens is 469 g/mol. The van der Waals surface area contributed by atoms with Crippen molar-refractivity contribution in [2.75, 3.05) is 49.6 Å². The van der Waals surface area contributed by atoms with E-state index in [0.717, 1.165) is 67.1 Å². The summed E-state index contributed by atoms with van der Waals surface area (Å²) in [7, 11) is 0. The van der Waals surface area contributed by atoms with Crippen molar-refractivity contribution in [3.8, 4) is 11.3 Å². The molecule has 3 aromatic rings. The first kappa shape index (κ1) is 23.5. The number of halogens is 3. The normalized spacial score (nSPS) is 21.5. The van der Waals surface area contributed by atoms with Crippen LogP contribution in [0.3, 0.4) is 0 Å². The van der Waals surface area contributed by atoms with Gasteiger partial charge in [0.15, 0.2) is 0 Å². The Morgan fingerprint density at radius 2 is 1.78 bits per heavy atom. The fourth-order valence-corrected chi connectivity index (χ4v) is 5.92. The van der Waals surface area contributed by atoms with Gasteiger partial charge in [-0.3, -0.25) is 0 Å². The number of benzene rings is 1. The molecule has 10 heteroatoms. The van der Waals surface area contributed by atoms with E-state index >= 15 is 0 Å². The van der Waals surface area contributed by atoms with Gasteiger partial charge in [-0.05, 0) is 60.8 Å². The average Bonchev–Trinajstić information content (AvgIpc) is 3.31. The van der Waals surface area contributed by atoms with E-state index in [1.807, 2.05) is 18.2 Å². The fourth-order valence-electron chi connectivity index (χ4n) is 5.92. The number of ether oxygens (including phenoxy) is 1. The van der Waals surface area contributed by atoms with Gasteiger partial charge in [-0.2, -0.15) is 13.2 Å². The van der Waals surface area contributed by atoms with Crippen LogP contribution in [0, 0.1) is 11.3 Å². The standard InChI is InChI=1S/C26H31F3N6O/c27-26(28,29)22(18-5-7-25(8-6-18)14-30-15-25)33-19-3-1-17(2-4-19)21-13-20-23(34-21)31-16-32-24(20)35-9-11-36-12-10-35/h1-4,13,16,18,22,30,33H,5-12,14-15H2,(H,31,32,34). The molecule has 6 rings (SSSR count). The van der Waals surface area contributed by atoms with Crippen LogP contribution < -0.4 is 15.5 Å². The smallest absolute Gasteiger partial charge is 0.378 e. The number of hydrogen-bond donors (Lipinski definition) is 3. The van der Waals surface area contributed by atoms with Crippen LogP contribution in [0.5, 0.6) is 0 Å². The first-order valence-electron chi connectivity index (χ1n) is 12.7. The maximum atomic E-state index is 14.0. The molecule has 192 valence electrons. The first-order valence-corrected chi connectivity index (χ1v) is 12.7. The molecule has 36 heavy (non-hydrogen) atoms. The van der Waals surface area contributed by atoms with Crippen LogP contribution in [0.1, 0.15) is 25.7 Å². The number of nitrogens with zero attached hydrogens (tertiary/aromatic N) is 3. The van der Waals surface area contributed by atoms with Crippen molar-refractivity contribution < 1.29 is 17.9 Å². The molecule has 4 heterocycles. The van der Waals surface area contributed by atoms with Gasteiger partial charge in [-0.15, -0.1) is 0 Å². The Balaban J connectivity index is 1.19. The van der Waals surface area contributed by atoms with Gasteiger partial charge >= 0.3 is 6.18 Å². The Morgan fingerprint density at radius 3 is 2.42 bits per heavy atom. The molecule has 7 nitrogen and oxygen atoms in total. The lowest BCUT2D eigenvalue weighted by Gasteiger charge is -2.48. The van der Waals surface area contributed by atoms with Crippen LogP contribution in [0.4, 0.5) is 24.7 Å². The number of anilines is 2. The SMILES string of the molecule is FC(F)(F)C(Nc1ccc(-c2cc3c(N4CCOCC4)ncnc3[nH]2)cc1)C1CCC2(CC1)CNC2. The molecular formula is C26H31F3N6O. The van der Waals surface area contributed by atoms with E-state index in [1.165, 1.54) is 0 Å². The zero-order valence-corrected chi connectivity index (χ0v) is 20.1. The lowest BCUT2D eigenvalue weighted by Crippen LogP contribution is -2.56. The number of alkyl halides is 3. The summed E-state index contributed by atoms with van der Waals surface area (Å²) in [6.45, 7) is 4.75. The van der Waals surface area contributed by atoms with Crippen LogP contribution in [0.25, 0.3) is 22.3 Å². The second-order valence-electron chi connectivity index (χ2n) is 10.4. The number of nitrogens with one attached hydrogen (secondary N) is 3. The molecule has 0 amide bonds. The van der Waals surface area contributed by atoms with Crippen LogP contribution in [-0.4, -0.2) is 66.6 Å². The van der Waals surface area contributed by atoms with Crippen LogP contribution in [0.15, 0.2) is 36.7 Å². The summed E-state index contributed by atoms with van der Waals surface area (Å²) in [5.41, 5.74) is 3.19. The van der Waals surface area contributed by atoms with Crippen molar-refractivity contribution in [3.63, 3.8) is 0 Å². The summed E-state index contributed by atoms with van der Waals surface area (Å²) in [5.74, 6) is 0.464. The van der Waals surface area contributed by atoms with Crippen LogP contribution in [-0.2, 0) is 4.74 Å². The minimum atomic E-state index is -4.29. The van der Waals surface area contributed by atoms with Crippen molar-refractivity contribution >= 4 is 22.5 Å². The molecule has 1 spiro atoms. The highest BCUT2D eigenvalue weighted by molar-refractivity contribution is 5.92. The molecule has 0 radical (unpaired) electrons. The van der Waals surface area contributed by atoms with E-state index in [0.29, 0.717) is 31.7 Å². The van der Waals surface area contributed by atoms with Gasteiger partial charge in [0, 0.05) is 37.6 Å². The predicted molar refractivity (Wildman–Crippen MR) is 133 cm³/mol. The highest BCUT2D eigenvalue weighted by Gasteiger charge is 2.49. The maximum absolute atomic E-state index is 14.0. The molecule has 1 saturated carbocycles. The molecule has 1 aromatic carbocycles. The van der Waals surface area contributed by atoms with Crippen LogP contribution in [0.2, 0.25) is 0 Å². The average molecular weight is 501 g/mol. The van der Waals surface area contributed by atoms with E-state index < -0.39 is 18.1 Å². The lowest BCUT2D eigenvalue weighted by molar-refractivity contribution is -0.158. The summed E-state index contributed by atoms with van der Waals surface area (Å²) < 4.78 is 47.5.